The molecule has 1 heterocycles. The minimum absolute atomic E-state index is 0.00907. The average Bonchev–Trinajstić information content (AvgIpc) is 2.97. The van der Waals surface area contributed by atoms with E-state index in [1.54, 1.807) is 0 Å². The van der Waals surface area contributed by atoms with Gasteiger partial charge in [-0.3, -0.25) is 4.79 Å². The Labute approximate surface area is 255 Å². The molecule has 0 aliphatic rings. The van der Waals surface area contributed by atoms with Crippen LogP contribution in [-0.4, -0.2) is 12.5 Å². The molecule has 0 bridgehead atoms. The van der Waals surface area contributed by atoms with Crippen LogP contribution in [0, 0.1) is 0 Å². The summed E-state index contributed by atoms with van der Waals surface area (Å²) >= 11 is 0. The van der Waals surface area contributed by atoms with Gasteiger partial charge in [0.05, 0.1) is 13.0 Å². The summed E-state index contributed by atoms with van der Waals surface area (Å²) in [5.41, 5.74) is 4.12. The third-order valence-electron chi connectivity index (χ3n) is 7.85. The number of carbonyl (C=O) groups excluding carboxylic acids is 1. The van der Waals surface area contributed by atoms with Gasteiger partial charge in [-0.15, -0.1) is 0 Å². The fraction of sp³-hybridized carbons (Fsp3) is 0.526. The number of rotatable bonds is 19. The van der Waals surface area contributed by atoms with Crippen LogP contribution in [0.5, 0.6) is 5.75 Å². The molecule has 4 nitrogen and oxygen atoms in total. The highest BCUT2D eigenvalue weighted by Gasteiger charge is 2.20. The van der Waals surface area contributed by atoms with Gasteiger partial charge in [0.2, 0.25) is 5.91 Å². The van der Waals surface area contributed by atoms with Gasteiger partial charge in [-0.1, -0.05) is 129 Å². The monoisotopic (exact) mass is 571 g/mol. The number of pyridine rings is 1. The normalized spacial score (nSPS) is 11.4. The zero-order chi connectivity index (χ0) is 30.0. The van der Waals surface area contributed by atoms with Gasteiger partial charge in [0, 0.05) is 23.4 Å². The predicted molar refractivity (Wildman–Crippen MR) is 176 cm³/mol. The third-order valence-corrected chi connectivity index (χ3v) is 7.85. The van der Waals surface area contributed by atoms with Gasteiger partial charge < -0.3 is 10.1 Å². The summed E-state index contributed by atoms with van der Waals surface area (Å²) in [4.78, 5) is 12.9. The maximum Gasteiger partial charge on any atom is 0.228 e. The zero-order valence-corrected chi connectivity index (χ0v) is 26.8. The number of aromatic nitrogens is 1. The molecule has 0 spiro atoms. The van der Waals surface area contributed by atoms with E-state index in [-0.39, 0.29) is 11.3 Å². The van der Waals surface area contributed by atoms with Gasteiger partial charge in [-0.05, 0) is 41.2 Å². The molecule has 3 aromatic rings. The van der Waals surface area contributed by atoms with Crippen LogP contribution < -0.4 is 14.6 Å². The number of nitrogens with zero attached hydrogens (tertiary/aromatic N) is 1. The number of ether oxygens (including phenoxy) is 1. The van der Waals surface area contributed by atoms with E-state index in [4.69, 9.17) is 4.74 Å². The first kappa shape index (κ1) is 33.4. The van der Waals surface area contributed by atoms with Crippen LogP contribution in [0.2, 0.25) is 0 Å². The summed E-state index contributed by atoms with van der Waals surface area (Å²) in [7, 11) is 0. The number of carbonyl (C=O) groups is 1. The molecule has 0 saturated heterocycles. The lowest BCUT2D eigenvalue weighted by Crippen LogP contribution is -2.32. The van der Waals surface area contributed by atoms with Crippen LogP contribution in [0.4, 0.5) is 5.69 Å². The Morgan fingerprint density at radius 2 is 1.31 bits per heavy atom. The average molecular weight is 572 g/mol. The largest absolute Gasteiger partial charge is 0.493 e. The fourth-order valence-electron chi connectivity index (χ4n) is 5.36. The maximum absolute atomic E-state index is 12.9. The second kappa shape index (κ2) is 18.4. The van der Waals surface area contributed by atoms with E-state index in [2.05, 4.69) is 74.2 Å². The van der Waals surface area contributed by atoms with Gasteiger partial charge in [0.25, 0.3) is 0 Å². The quantitative estimate of drug-likeness (QED) is 0.115. The van der Waals surface area contributed by atoms with Crippen molar-refractivity contribution in [3.8, 4) is 5.75 Å². The molecule has 4 heteroatoms. The Hall–Kier alpha value is -3.14. The first-order valence-electron chi connectivity index (χ1n) is 16.4. The van der Waals surface area contributed by atoms with Crippen molar-refractivity contribution < 1.29 is 14.1 Å². The van der Waals surface area contributed by atoms with Gasteiger partial charge in [0.1, 0.15) is 5.75 Å². The lowest BCUT2D eigenvalue weighted by atomic mass is 9.85. The summed E-state index contributed by atoms with van der Waals surface area (Å²) in [6.07, 6.45) is 20.5. The minimum Gasteiger partial charge on any atom is -0.493 e. The van der Waals surface area contributed by atoms with Crippen LogP contribution in [0.3, 0.4) is 0 Å². The smallest absolute Gasteiger partial charge is 0.228 e. The van der Waals surface area contributed by atoms with Crippen LogP contribution in [0.15, 0.2) is 73.1 Å². The lowest BCUT2D eigenvalue weighted by molar-refractivity contribution is -0.688. The second-order valence-corrected chi connectivity index (χ2v) is 12.8. The number of hydrogen-bond donors (Lipinski definition) is 1. The van der Waals surface area contributed by atoms with Gasteiger partial charge >= 0.3 is 0 Å². The van der Waals surface area contributed by atoms with Crippen molar-refractivity contribution >= 4 is 11.6 Å². The molecular weight excluding hydrogens is 516 g/mol. The SMILES string of the molecule is CCCCCCCCCCCCCCOc1ccc(CC(=O)Nc2ccc(C[n+]3ccccc3)cc2)cc1C(C)(C)C. The fourth-order valence-corrected chi connectivity index (χ4v) is 5.36. The molecule has 228 valence electrons. The molecule has 0 aliphatic carbocycles. The Balaban J connectivity index is 1.39. The van der Waals surface area contributed by atoms with Crippen molar-refractivity contribution in [3.05, 3.63) is 89.7 Å². The van der Waals surface area contributed by atoms with Crippen molar-refractivity contribution in [2.45, 2.75) is 123 Å². The molecular formula is C38H55N2O2+. The highest BCUT2D eigenvalue weighted by atomic mass is 16.5. The number of hydrogen-bond acceptors (Lipinski definition) is 2. The second-order valence-electron chi connectivity index (χ2n) is 12.8. The number of nitrogens with one attached hydrogen (secondary N) is 1. The van der Waals surface area contributed by atoms with Gasteiger partial charge in [0.15, 0.2) is 18.9 Å². The summed E-state index contributed by atoms with van der Waals surface area (Å²) < 4.78 is 8.39. The highest BCUT2D eigenvalue weighted by Crippen LogP contribution is 2.32. The van der Waals surface area contributed by atoms with Crippen molar-refractivity contribution in [1.82, 2.24) is 0 Å². The molecule has 0 saturated carbocycles. The number of anilines is 1. The molecule has 42 heavy (non-hydrogen) atoms. The lowest BCUT2D eigenvalue weighted by Gasteiger charge is -2.24. The molecule has 2 aromatic carbocycles. The summed E-state index contributed by atoms with van der Waals surface area (Å²) in [6.45, 7) is 10.5. The number of benzene rings is 2. The molecule has 0 aliphatic heterocycles. The maximum atomic E-state index is 12.9. The van der Waals surface area contributed by atoms with E-state index < -0.39 is 0 Å². The molecule has 0 unspecified atom stereocenters. The van der Waals surface area contributed by atoms with Gasteiger partial charge in [-0.2, -0.15) is 0 Å². The third kappa shape index (κ3) is 12.8. The highest BCUT2D eigenvalue weighted by molar-refractivity contribution is 5.92. The van der Waals surface area contributed by atoms with Crippen LogP contribution in [-0.2, 0) is 23.2 Å². The predicted octanol–water partition coefficient (Wildman–Crippen LogP) is 9.58. The first-order valence-corrected chi connectivity index (χ1v) is 16.4. The summed E-state index contributed by atoms with van der Waals surface area (Å²) in [5.74, 6) is 0.937. The van der Waals surface area contributed by atoms with Crippen molar-refractivity contribution in [2.75, 3.05) is 11.9 Å². The Morgan fingerprint density at radius 1 is 0.738 bits per heavy atom. The van der Waals surface area contributed by atoms with Gasteiger partial charge in [-0.25, -0.2) is 4.57 Å². The van der Waals surface area contributed by atoms with Crippen LogP contribution in [0.1, 0.15) is 121 Å². The molecule has 0 fully saturated rings. The van der Waals surface area contributed by atoms with E-state index in [1.165, 1.54) is 76.2 Å². The minimum atomic E-state index is -0.0645. The standard InChI is InChI=1S/C38H54N2O2/c1-5-6-7-8-9-10-11-12-13-14-15-19-28-42-36-25-22-33(29-35(36)38(2,3)4)30-37(41)39-34-23-20-32(21-24-34)31-40-26-17-16-18-27-40/h16-18,20-27,29H,5-15,19,28,30-31H2,1-4H3/p+1. The summed E-state index contributed by atoms with van der Waals surface area (Å²) in [5, 5.41) is 3.06. The number of amides is 1. The van der Waals surface area contributed by atoms with Crippen LogP contribution in [0.25, 0.3) is 0 Å². The molecule has 1 aromatic heterocycles. The Kier molecular flexibility index (Phi) is 14.6. The molecule has 0 atom stereocenters. The molecule has 1 amide bonds. The van der Waals surface area contributed by atoms with E-state index >= 15 is 0 Å². The zero-order valence-electron chi connectivity index (χ0n) is 26.8. The molecule has 1 N–H and O–H groups in total. The van der Waals surface area contributed by atoms with E-state index in [1.807, 2.05) is 36.4 Å². The van der Waals surface area contributed by atoms with E-state index in [0.717, 1.165) is 42.1 Å². The number of unbranched alkanes of at least 4 members (excludes halogenated alkanes) is 11. The van der Waals surface area contributed by atoms with Crippen LogP contribution >= 0.6 is 0 Å². The van der Waals surface area contributed by atoms with E-state index in [0.29, 0.717) is 6.42 Å². The summed E-state index contributed by atoms with van der Waals surface area (Å²) in [6, 6.07) is 20.4. The molecule has 3 rings (SSSR count). The first-order chi connectivity index (χ1) is 20.3. The van der Waals surface area contributed by atoms with Crippen molar-refractivity contribution in [3.63, 3.8) is 0 Å². The Bertz CT molecular complexity index is 1170. The Morgan fingerprint density at radius 3 is 1.90 bits per heavy atom. The van der Waals surface area contributed by atoms with Crippen molar-refractivity contribution in [2.24, 2.45) is 0 Å². The topological polar surface area (TPSA) is 42.2 Å². The molecule has 0 radical (unpaired) electrons. The van der Waals surface area contributed by atoms with E-state index in [9.17, 15) is 4.79 Å². The van der Waals surface area contributed by atoms with Crippen molar-refractivity contribution in [1.29, 1.82) is 0 Å².